The van der Waals surface area contributed by atoms with Crippen LogP contribution in [0.2, 0.25) is 0 Å². The van der Waals surface area contributed by atoms with Crippen LogP contribution in [0.1, 0.15) is 24.2 Å². The summed E-state index contributed by atoms with van der Waals surface area (Å²) in [5.74, 6) is -0.771. The number of morpholine rings is 1. The number of rotatable bonds is 2. The van der Waals surface area contributed by atoms with E-state index in [9.17, 15) is 20.0 Å². The predicted octanol–water partition coefficient (Wildman–Crippen LogP) is 1.55. The van der Waals surface area contributed by atoms with Gasteiger partial charge in [-0.05, 0) is 26.0 Å². The zero-order valence-electron chi connectivity index (χ0n) is 11.3. The third-order valence-corrected chi connectivity index (χ3v) is 3.56. The number of ether oxygens (including phenoxy) is 1. The van der Waals surface area contributed by atoms with Crippen molar-refractivity contribution in [3.05, 3.63) is 33.9 Å². The Kier molecular flexibility index (Phi) is 3.89. The number of phenols is 1. The predicted molar refractivity (Wildman–Crippen MR) is 70.7 cm³/mol. The van der Waals surface area contributed by atoms with Crippen LogP contribution in [0.25, 0.3) is 0 Å². The van der Waals surface area contributed by atoms with Gasteiger partial charge < -0.3 is 14.7 Å². The third kappa shape index (κ3) is 2.57. The van der Waals surface area contributed by atoms with Crippen LogP contribution in [0, 0.1) is 10.1 Å². The lowest BCUT2D eigenvalue weighted by Gasteiger charge is -2.37. The summed E-state index contributed by atoms with van der Waals surface area (Å²) in [5, 5.41) is 20.2. The smallest absolute Gasteiger partial charge is 0.310 e. The van der Waals surface area contributed by atoms with Crippen LogP contribution in [-0.4, -0.2) is 46.1 Å². The fraction of sp³-hybridized carbons (Fsp3) is 0.462. The number of benzene rings is 1. The summed E-state index contributed by atoms with van der Waals surface area (Å²) < 4.78 is 5.45. The lowest BCUT2D eigenvalue weighted by molar-refractivity contribution is -0.385. The molecule has 0 aromatic heterocycles. The van der Waals surface area contributed by atoms with Crippen molar-refractivity contribution in [3.8, 4) is 5.75 Å². The number of hydrogen-bond acceptors (Lipinski definition) is 5. The summed E-state index contributed by atoms with van der Waals surface area (Å²) in [6, 6.07) is 3.53. The van der Waals surface area contributed by atoms with Crippen LogP contribution >= 0.6 is 0 Å². The molecule has 1 aliphatic heterocycles. The van der Waals surface area contributed by atoms with E-state index in [0.29, 0.717) is 13.2 Å². The van der Waals surface area contributed by atoms with Crippen LogP contribution in [0.3, 0.4) is 0 Å². The Morgan fingerprint density at radius 2 is 2.20 bits per heavy atom. The lowest BCUT2D eigenvalue weighted by atomic mass is 10.1. The molecule has 1 N–H and O–H groups in total. The normalized spacial score (nSPS) is 22.6. The first-order chi connectivity index (χ1) is 9.41. The fourth-order valence-electron chi connectivity index (χ4n) is 2.20. The van der Waals surface area contributed by atoms with Gasteiger partial charge in [-0.25, -0.2) is 0 Å². The van der Waals surface area contributed by atoms with E-state index >= 15 is 0 Å². The van der Waals surface area contributed by atoms with Gasteiger partial charge in [0.25, 0.3) is 5.91 Å². The average Bonchev–Trinajstić information content (AvgIpc) is 2.40. The van der Waals surface area contributed by atoms with E-state index in [-0.39, 0.29) is 23.6 Å². The van der Waals surface area contributed by atoms with Gasteiger partial charge in [0, 0.05) is 18.2 Å². The van der Waals surface area contributed by atoms with Gasteiger partial charge in [0.15, 0.2) is 5.75 Å². The lowest BCUT2D eigenvalue weighted by Crippen LogP contribution is -2.51. The van der Waals surface area contributed by atoms with Gasteiger partial charge in [-0.2, -0.15) is 0 Å². The van der Waals surface area contributed by atoms with E-state index in [4.69, 9.17) is 4.74 Å². The highest BCUT2D eigenvalue weighted by molar-refractivity contribution is 5.95. The van der Waals surface area contributed by atoms with Crippen LogP contribution in [0.15, 0.2) is 18.2 Å². The first kappa shape index (κ1) is 14.3. The van der Waals surface area contributed by atoms with Gasteiger partial charge in [0.1, 0.15) is 0 Å². The maximum atomic E-state index is 12.4. The highest BCUT2D eigenvalue weighted by Crippen LogP contribution is 2.27. The van der Waals surface area contributed by atoms with Crippen molar-refractivity contribution in [1.29, 1.82) is 0 Å². The molecule has 7 heteroatoms. The molecule has 20 heavy (non-hydrogen) atoms. The average molecular weight is 280 g/mol. The molecule has 1 saturated heterocycles. The third-order valence-electron chi connectivity index (χ3n) is 3.56. The summed E-state index contributed by atoms with van der Waals surface area (Å²) in [6.07, 6.45) is -0.0701. The fourth-order valence-corrected chi connectivity index (χ4v) is 2.20. The molecule has 1 aliphatic rings. The summed E-state index contributed by atoms with van der Waals surface area (Å²) in [7, 11) is 0. The number of nitro groups is 1. The minimum Gasteiger partial charge on any atom is -0.502 e. The molecule has 1 aromatic rings. The van der Waals surface area contributed by atoms with Crippen LogP contribution in [0.5, 0.6) is 5.75 Å². The molecule has 108 valence electrons. The van der Waals surface area contributed by atoms with Gasteiger partial charge in [0.05, 0.1) is 23.7 Å². The zero-order chi connectivity index (χ0) is 14.9. The maximum absolute atomic E-state index is 12.4. The SMILES string of the molecule is C[C@@H]1[C@@H](C)OCCN1C(=O)c1ccc([N+](=O)[O-])c(O)c1. The number of hydrogen-bond donors (Lipinski definition) is 1. The first-order valence-electron chi connectivity index (χ1n) is 6.31. The topological polar surface area (TPSA) is 92.9 Å². The quantitative estimate of drug-likeness (QED) is 0.655. The molecule has 0 saturated carbocycles. The van der Waals surface area contributed by atoms with E-state index in [0.717, 1.165) is 12.1 Å². The largest absolute Gasteiger partial charge is 0.502 e. The molecule has 1 aromatic carbocycles. The molecule has 0 unspecified atom stereocenters. The Morgan fingerprint density at radius 3 is 2.80 bits per heavy atom. The van der Waals surface area contributed by atoms with Crippen molar-refractivity contribution < 1.29 is 19.6 Å². The molecular weight excluding hydrogens is 264 g/mol. The van der Waals surface area contributed by atoms with Gasteiger partial charge in [-0.3, -0.25) is 14.9 Å². The molecular formula is C13H16N2O5. The van der Waals surface area contributed by atoms with Gasteiger partial charge >= 0.3 is 5.69 Å². The molecule has 2 rings (SSSR count). The Morgan fingerprint density at radius 1 is 1.50 bits per heavy atom. The second-order valence-electron chi connectivity index (χ2n) is 4.78. The number of nitrogens with zero attached hydrogens (tertiary/aromatic N) is 2. The van der Waals surface area contributed by atoms with Crippen molar-refractivity contribution in [2.45, 2.75) is 26.0 Å². The minimum atomic E-state index is -0.691. The Labute approximate surface area is 115 Å². The van der Waals surface area contributed by atoms with E-state index in [1.54, 1.807) is 4.90 Å². The van der Waals surface area contributed by atoms with Gasteiger partial charge in [-0.1, -0.05) is 0 Å². The molecule has 2 atom stereocenters. The summed E-state index contributed by atoms with van der Waals surface area (Å²) in [5.41, 5.74) is -0.181. The number of carbonyl (C=O) groups is 1. The first-order valence-corrected chi connectivity index (χ1v) is 6.31. The molecule has 0 aliphatic carbocycles. The minimum absolute atomic E-state index is 0.0701. The Bertz CT molecular complexity index is 546. The van der Waals surface area contributed by atoms with Crippen LogP contribution < -0.4 is 0 Å². The van der Waals surface area contributed by atoms with Crippen molar-refractivity contribution in [3.63, 3.8) is 0 Å². The van der Waals surface area contributed by atoms with Crippen molar-refractivity contribution in [2.75, 3.05) is 13.2 Å². The van der Waals surface area contributed by atoms with E-state index < -0.39 is 16.4 Å². The second-order valence-corrected chi connectivity index (χ2v) is 4.78. The van der Waals surface area contributed by atoms with Crippen molar-refractivity contribution in [1.82, 2.24) is 4.90 Å². The zero-order valence-corrected chi connectivity index (χ0v) is 11.3. The van der Waals surface area contributed by atoms with Gasteiger partial charge in [-0.15, -0.1) is 0 Å². The Hall–Kier alpha value is -2.15. The standard InChI is InChI=1S/C13H16N2O5/c1-8-9(2)20-6-5-14(8)13(17)10-3-4-11(15(18)19)12(16)7-10/h3-4,7-9,16H,5-6H2,1-2H3/t8-,9-/m1/s1. The molecule has 7 nitrogen and oxygen atoms in total. The maximum Gasteiger partial charge on any atom is 0.310 e. The second kappa shape index (κ2) is 5.46. The molecule has 0 bridgehead atoms. The highest BCUT2D eigenvalue weighted by Gasteiger charge is 2.30. The van der Waals surface area contributed by atoms with Crippen molar-refractivity contribution in [2.24, 2.45) is 0 Å². The van der Waals surface area contributed by atoms with Crippen molar-refractivity contribution >= 4 is 11.6 Å². The molecule has 1 fully saturated rings. The summed E-state index contributed by atoms with van der Waals surface area (Å²) in [6.45, 7) is 4.68. The monoisotopic (exact) mass is 280 g/mol. The van der Waals surface area contributed by atoms with Gasteiger partial charge in [0.2, 0.25) is 0 Å². The number of phenolic OH excluding ortho intramolecular Hbond substituents is 1. The molecule has 1 heterocycles. The highest BCUT2D eigenvalue weighted by atomic mass is 16.6. The van der Waals surface area contributed by atoms with Crippen LogP contribution in [0.4, 0.5) is 5.69 Å². The van der Waals surface area contributed by atoms with E-state index in [2.05, 4.69) is 0 Å². The van der Waals surface area contributed by atoms with E-state index in [1.165, 1.54) is 6.07 Å². The molecule has 0 radical (unpaired) electrons. The summed E-state index contributed by atoms with van der Waals surface area (Å²) in [4.78, 5) is 24.0. The number of nitro benzene ring substituents is 1. The summed E-state index contributed by atoms with van der Waals surface area (Å²) >= 11 is 0. The number of carbonyl (C=O) groups excluding carboxylic acids is 1. The number of aromatic hydroxyl groups is 1. The van der Waals surface area contributed by atoms with E-state index in [1.807, 2.05) is 13.8 Å². The molecule has 0 spiro atoms. The van der Waals surface area contributed by atoms with Crippen LogP contribution in [-0.2, 0) is 4.74 Å². The number of amides is 1. The molecule has 1 amide bonds. The Balaban J connectivity index is 2.25.